The van der Waals surface area contributed by atoms with Gasteiger partial charge < -0.3 is 5.32 Å². The van der Waals surface area contributed by atoms with Crippen molar-refractivity contribution in [3.63, 3.8) is 0 Å². The number of hydrogen-bond donors (Lipinski definition) is 1. The summed E-state index contributed by atoms with van der Waals surface area (Å²) in [5.74, 6) is 0. The lowest BCUT2D eigenvalue weighted by Gasteiger charge is -2.30. The normalized spacial score (nSPS) is 21.1. The van der Waals surface area contributed by atoms with Crippen molar-refractivity contribution in [1.29, 1.82) is 0 Å². The predicted molar refractivity (Wildman–Crippen MR) is 73.4 cm³/mol. The maximum absolute atomic E-state index is 6.21. The van der Waals surface area contributed by atoms with Crippen molar-refractivity contribution < 1.29 is 0 Å². The first-order chi connectivity index (χ1) is 8.07. The first kappa shape index (κ1) is 12.9. The van der Waals surface area contributed by atoms with E-state index in [9.17, 15) is 0 Å². The number of rotatable bonds is 2. The first-order valence-corrected chi connectivity index (χ1v) is 6.65. The monoisotopic (exact) mass is 252 g/mol. The van der Waals surface area contributed by atoms with E-state index in [1.807, 2.05) is 12.1 Å². The molecule has 1 fully saturated rings. The summed E-state index contributed by atoms with van der Waals surface area (Å²) < 4.78 is 0. The molecule has 1 N–H and O–H groups in total. The third-order valence-electron chi connectivity index (χ3n) is 3.23. The van der Waals surface area contributed by atoms with E-state index in [4.69, 9.17) is 11.6 Å². The largest absolute Gasteiger partial charge is 0.310 e. The summed E-state index contributed by atoms with van der Waals surface area (Å²) in [6, 6.07) is 8.13. The molecular formula is C14H21ClN2. The second-order valence-corrected chi connectivity index (χ2v) is 5.87. The van der Waals surface area contributed by atoms with Gasteiger partial charge in [0.2, 0.25) is 0 Å². The summed E-state index contributed by atoms with van der Waals surface area (Å²) in [5, 5.41) is 4.45. The molecule has 0 aromatic heterocycles. The highest BCUT2D eigenvalue weighted by atomic mass is 35.5. The van der Waals surface area contributed by atoms with Gasteiger partial charge in [-0.2, -0.15) is 0 Å². The highest BCUT2D eigenvalue weighted by Gasteiger charge is 2.24. The van der Waals surface area contributed by atoms with Crippen LogP contribution in [0.2, 0.25) is 5.02 Å². The van der Waals surface area contributed by atoms with Crippen LogP contribution in [-0.2, 0) is 6.54 Å². The van der Waals surface area contributed by atoms with Gasteiger partial charge in [-0.25, -0.2) is 0 Å². The lowest BCUT2D eigenvalue weighted by molar-refractivity contribution is 0.224. The molecule has 0 bridgehead atoms. The van der Waals surface area contributed by atoms with Gasteiger partial charge in [0.1, 0.15) is 0 Å². The van der Waals surface area contributed by atoms with E-state index in [1.54, 1.807) is 0 Å². The molecule has 0 atom stereocenters. The highest BCUT2D eigenvalue weighted by molar-refractivity contribution is 6.31. The molecule has 94 valence electrons. The Labute approximate surface area is 109 Å². The van der Waals surface area contributed by atoms with Gasteiger partial charge >= 0.3 is 0 Å². The molecule has 1 aromatic rings. The zero-order valence-corrected chi connectivity index (χ0v) is 11.4. The zero-order chi connectivity index (χ0) is 12.3. The Balaban J connectivity index is 2.05. The molecule has 1 aromatic carbocycles. The van der Waals surface area contributed by atoms with E-state index in [1.165, 1.54) is 12.0 Å². The lowest BCUT2D eigenvalue weighted by atomic mass is 10.1. The van der Waals surface area contributed by atoms with Crippen LogP contribution in [0.3, 0.4) is 0 Å². The minimum Gasteiger partial charge on any atom is -0.310 e. The topological polar surface area (TPSA) is 15.3 Å². The summed E-state index contributed by atoms with van der Waals surface area (Å²) in [6.45, 7) is 8.78. The van der Waals surface area contributed by atoms with Crippen LogP contribution in [0.25, 0.3) is 0 Å². The third kappa shape index (κ3) is 3.70. The minimum absolute atomic E-state index is 0.192. The average Bonchev–Trinajstić information content (AvgIpc) is 2.43. The van der Waals surface area contributed by atoms with Crippen LogP contribution < -0.4 is 5.32 Å². The Morgan fingerprint density at radius 1 is 1.35 bits per heavy atom. The van der Waals surface area contributed by atoms with Crippen molar-refractivity contribution in [3.05, 3.63) is 34.9 Å². The van der Waals surface area contributed by atoms with E-state index in [2.05, 4.69) is 36.2 Å². The van der Waals surface area contributed by atoms with Crippen molar-refractivity contribution in [2.75, 3.05) is 19.6 Å². The number of hydrogen-bond acceptors (Lipinski definition) is 2. The third-order valence-corrected chi connectivity index (χ3v) is 3.59. The van der Waals surface area contributed by atoms with E-state index < -0.39 is 0 Å². The fourth-order valence-electron chi connectivity index (χ4n) is 2.43. The molecule has 2 rings (SSSR count). The molecule has 1 heterocycles. The van der Waals surface area contributed by atoms with Gasteiger partial charge in [0, 0.05) is 23.7 Å². The quantitative estimate of drug-likeness (QED) is 0.871. The fraction of sp³-hybridized carbons (Fsp3) is 0.571. The van der Waals surface area contributed by atoms with Gasteiger partial charge in [-0.15, -0.1) is 0 Å². The molecule has 0 aliphatic carbocycles. The van der Waals surface area contributed by atoms with Crippen molar-refractivity contribution >= 4 is 11.6 Å². The summed E-state index contributed by atoms with van der Waals surface area (Å²) >= 11 is 6.21. The molecule has 1 aliphatic heterocycles. The molecule has 0 amide bonds. The summed E-state index contributed by atoms with van der Waals surface area (Å²) in [4.78, 5) is 2.49. The highest BCUT2D eigenvalue weighted by Crippen LogP contribution is 2.19. The second kappa shape index (κ2) is 5.38. The summed E-state index contributed by atoms with van der Waals surface area (Å²) in [7, 11) is 0. The van der Waals surface area contributed by atoms with E-state index in [0.29, 0.717) is 0 Å². The molecule has 17 heavy (non-hydrogen) atoms. The van der Waals surface area contributed by atoms with Crippen LogP contribution in [0.1, 0.15) is 25.8 Å². The summed E-state index contributed by atoms with van der Waals surface area (Å²) in [5.41, 5.74) is 1.42. The van der Waals surface area contributed by atoms with Crippen molar-refractivity contribution in [2.45, 2.75) is 32.4 Å². The molecule has 0 spiro atoms. The van der Waals surface area contributed by atoms with Gasteiger partial charge in [-0.05, 0) is 45.0 Å². The molecule has 1 aliphatic rings. The predicted octanol–water partition coefficient (Wildman–Crippen LogP) is 2.91. The van der Waals surface area contributed by atoms with Crippen LogP contribution in [0.4, 0.5) is 0 Å². The Morgan fingerprint density at radius 2 is 2.12 bits per heavy atom. The van der Waals surface area contributed by atoms with Crippen LogP contribution in [0.5, 0.6) is 0 Å². The van der Waals surface area contributed by atoms with E-state index in [0.717, 1.165) is 31.2 Å². The standard InChI is InChI=1S/C14H21ClN2/c1-14(2)11-17(9-5-8-16-14)10-12-6-3-4-7-13(12)15/h3-4,6-7,16H,5,8-11H2,1-2H3. The molecule has 0 unspecified atom stereocenters. The Kier molecular flexibility index (Phi) is 4.08. The van der Waals surface area contributed by atoms with Crippen molar-refractivity contribution in [1.82, 2.24) is 10.2 Å². The van der Waals surface area contributed by atoms with Gasteiger partial charge in [-0.3, -0.25) is 4.90 Å². The van der Waals surface area contributed by atoms with Gasteiger partial charge in [0.15, 0.2) is 0 Å². The van der Waals surface area contributed by atoms with Crippen LogP contribution >= 0.6 is 11.6 Å². The number of nitrogens with zero attached hydrogens (tertiary/aromatic N) is 1. The maximum Gasteiger partial charge on any atom is 0.0451 e. The lowest BCUT2D eigenvalue weighted by Crippen LogP contribution is -2.46. The molecular weight excluding hydrogens is 232 g/mol. The molecule has 2 nitrogen and oxygen atoms in total. The number of halogens is 1. The number of benzene rings is 1. The molecule has 3 heteroatoms. The van der Waals surface area contributed by atoms with E-state index in [-0.39, 0.29) is 5.54 Å². The Morgan fingerprint density at radius 3 is 2.88 bits per heavy atom. The van der Waals surface area contributed by atoms with Crippen LogP contribution in [0.15, 0.2) is 24.3 Å². The van der Waals surface area contributed by atoms with Crippen molar-refractivity contribution in [2.24, 2.45) is 0 Å². The van der Waals surface area contributed by atoms with E-state index >= 15 is 0 Å². The summed E-state index contributed by atoms with van der Waals surface area (Å²) in [6.07, 6.45) is 1.20. The molecule has 1 saturated heterocycles. The maximum atomic E-state index is 6.21. The van der Waals surface area contributed by atoms with Crippen LogP contribution in [-0.4, -0.2) is 30.1 Å². The Bertz CT molecular complexity index is 376. The molecule has 0 radical (unpaired) electrons. The molecule has 0 saturated carbocycles. The number of nitrogens with one attached hydrogen (secondary N) is 1. The van der Waals surface area contributed by atoms with Gasteiger partial charge in [-0.1, -0.05) is 29.8 Å². The smallest absolute Gasteiger partial charge is 0.0451 e. The van der Waals surface area contributed by atoms with Gasteiger partial charge in [0.05, 0.1) is 0 Å². The van der Waals surface area contributed by atoms with Gasteiger partial charge in [0.25, 0.3) is 0 Å². The van der Waals surface area contributed by atoms with Crippen LogP contribution in [0, 0.1) is 0 Å². The Hall–Kier alpha value is -0.570. The second-order valence-electron chi connectivity index (χ2n) is 5.47. The average molecular weight is 253 g/mol. The SMILES string of the molecule is CC1(C)CN(Cc2ccccc2Cl)CCCN1. The minimum atomic E-state index is 0.192. The first-order valence-electron chi connectivity index (χ1n) is 6.28. The fourth-order valence-corrected chi connectivity index (χ4v) is 2.62. The zero-order valence-electron chi connectivity index (χ0n) is 10.7. The van der Waals surface area contributed by atoms with Crippen molar-refractivity contribution in [3.8, 4) is 0 Å².